The number of para-hydroxylation sites is 1. The van der Waals surface area contributed by atoms with Crippen molar-refractivity contribution in [3.8, 4) is 0 Å². The largest absolute Gasteiger partial charge is 0.350 e. The van der Waals surface area contributed by atoms with E-state index in [1.807, 2.05) is 54.8 Å². The Labute approximate surface area is 197 Å². The molecule has 0 saturated carbocycles. The van der Waals surface area contributed by atoms with E-state index < -0.39 is 0 Å². The summed E-state index contributed by atoms with van der Waals surface area (Å²) in [7, 11) is 0. The molecule has 0 radical (unpaired) electrons. The molecule has 0 bridgehead atoms. The Kier molecular flexibility index (Phi) is 9.17. The fourth-order valence-corrected chi connectivity index (χ4v) is 3.84. The van der Waals surface area contributed by atoms with Crippen LogP contribution in [0.25, 0.3) is 0 Å². The van der Waals surface area contributed by atoms with E-state index in [2.05, 4.69) is 16.0 Å². The molecule has 3 aromatic rings. The van der Waals surface area contributed by atoms with E-state index >= 15 is 0 Å². The zero-order valence-electron chi connectivity index (χ0n) is 18.5. The molecule has 172 valence electrons. The maximum atomic E-state index is 12.7. The second kappa shape index (κ2) is 12.5. The third kappa shape index (κ3) is 7.85. The second-order valence-corrected chi connectivity index (χ2v) is 8.45. The zero-order valence-corrected chi connectivity index (χ0v) is 19.4. The maximum absolute atomic E-state index is 12.7. The first kappa shape index (κ1) is 24.2. The number of hydrogen-bond acceptors (Lipinski definition) is 5. The third-order valence-corrected chi connectivity index (χ3v) is 5.84. The van der Waals surface area contributed by atoms with Gasteiger partial charge in [-0.25, -0.2) is 0 Å². The van der Waals surface area contributed by atoms with Crippen LogP contribution in [0.4, 0.5) is 5.69 Å². The van der Waals surface area contributed by atoms with Crippen LogP contribution in [0.2, 0.25) is 0 Å². The summed E-state index contributed by atoms with van der Waals surface area (Å²) in [5, 5.41) is 10.5. The molecule has 8 heteroatoms. The maximum Gasteiger partial charge on any atom is 0.253 e. The lowest BCUT2D eigenvalue weighted by molar-refractivity contribution is -0.123. The lowest BCUT2D eigenvalue weighted by atomic mass is 10.1. The first-order chi connectivity index (χ1) is 16.0. The molecule has 0 spiro atoms. The van der Waals surface area contributed by atoms with Gasteiger partial charge in [-0.15, -0.1) is 11.3 Å². The SMILES string of the molecule is CCN(CC(=O)NCc1cccs1)CC(=O)Nc1ccccc1C(=O)NCc1ccccc1. The lowest BCUT2D eigenvalue weighted by Gasteiger charge is -2.20. The molecule has 2 aromatic carbocycles. The summed E-state index contributed by atoms with van der Waals surface area (Å²) >= 11 is 1.58. The smallest absolute Gasteiger partial charge is 0.253 e. The van der Waals surface area contributed by atoms with Gasteiger partial charge in [0.2, 0.25) is 11.8 Å². The van der Waals surface area contributed by atoms with Crippen LogP contribution in [0.5, 0.6) is 0 Å². The van der Waals surface area contributed by atoms with E-state index in [0.29, 0.717) is 30.9 Å². The van der Waals surface area contributed by atoms with E-state index in [-0.39, 0.29) is 30.8 Å². The number of benzene rings is 2. The van der Waals surface area contributed by atoms with Crippen LogP contribution in [-0.4, -0.2) is 42.3 Å². The van der Waals surface area contributed by atoms with Gasteiger partial charge >= 0.3 is 0 Å². The number of anilines is 1. The van der Waals surface area contributed by atoms with E-state index in [1.54, 1.807) is 40.5 Å². The van der Waals surface area contributed by atoms with Crippen LogP contribution in [0.3, 0.4) is 0 Å². The highest BCUT2D eigenvalue weighted by Crippen LogP contribution is 2.15. The molecular formula is C25H28N4O3S. The van der Waals surface area contributed by atoms with Crippen molar-refractivity contribution in [1.82, 2.24) is 15.5 Å². The van der Waals surface area contributed by atoms with Crippen LogP contribution in [0.1, 0.15) is 27.7 Å². The fourth-order valence-electron chi connectivity index (χ4n) is 3.19. The Morgan fingerprint density at radius 2 is 1.55 bits per heavy atom. The number of nitrogens with one attached hydrogen (secondary N) is 3. The summed E-state index contributed by atoms with van der Waals surface area (Å²) < 4.78 is 0. The standard InChI is InChI=1S/C25H28N4O3S/c1-2-29(17-23(30)26-16-20-11-8-14-33-20)18-24(31)28-22-13-7-6-12-21(22)25(32)27-15-19-9-4-3-5-10-19/h3-14H,2,15-18H2,1H3,(H,26,30)(H,27,32)(H,28,31). The van der Waals surface area contributed by atoms with Crippen LogP contribution in [0, 0.1) is 0 Å². The molecule has 0 aliphatic carbocycles. The highest BCUT2D eigenvalue weighted by atomic mass is 32.1. The van der Waals surface area contributed by atoms with Crippen molar-refractivity contribution in [3.05, 3.63) is 88.1 Å². The van der Waals surface area contributed by atoms with Crippen LogP contribution in [-0.2, 0) is 22.7 Å². The molecular weight excluding hydrogens is 436 g/mol. The van der Waals surface area contributed by atoms with Crippen LogP contribution < -0.4 is 16.0 Å². The van der Waals surface area contributed by atoms with E-state index in [4.69, 9.17) is 0 Å². The van der Waals surface area contributed by atoms with Gasteiger partial charge in [0.25, 0.3) is 5.91 Å². The molecule has 1 aromatic heterocycles. The Balaban J connectivity index is 1.52. The summed E-state index contributed by atoms with van der Waals surface area (Å²) in [5.41, 5.74) is 1.81. The Hall–Kier alpha value is -3.49. The number of carbonyl (C=O) groups excluding carboxylic acids is 3. The van der Waals surface area contributed by atoms with Gasteiger partial charge in [0.1, 0.15) is 0 Å². The number of likely N-dealkylation sites (N-methyl/N-ethyl adjacent to an activating group) is 1. The summed E-state index contributed by atoms with van der Waals surface area (Å²) in [6.45, 7) is 3.47. The van der Waals surface area contributed by atoms with Gasteiger partial charge in [0, 0.05) is 11.4 Å². The quantitative estimate of drug-likeness (QED) is 0.406. The van der Waals surface area contributed by atoms with E-state index in [1.165, 1.54) is 0 Å². The van der Waals surface area contributed by atoms with Crippen molar-refractivity contribution in [1.29, 1.82) is 0 Å². The van der Waals surface area contributed by atoms with E-state index in [0.717, 1.165) is 10.4 Å². The molecule has 0 unspecified atom stereocenters. The minimum absolute atomic E-state index is 0.0445. The summed E-state index contributed by atoms with van der Waals surface area (Å²) in [4.78, 5) is 40.4. The molecule has 1 heterocycles. The van der Waals surface area contributed by atoms with Crippen molar-refractivity contribution < 1.29 is 14.4 Å². The average molecular weight is 465 g/mol. The first-order valence-corrected chi connectivity index (χ1v) is 11.7. The summed E-state index contributed by atoms with van der Waals surface area (Å²) in [5.74, 6) is -0.694. The normalized spacial score (nSPS) is 10.6. The Morgan fingerprint density at radius 1 is 0.818 bits per heavy atom. The number of carbonyl (C=O) groups is 3. The minimum Gasteiger partial charge on any atom is -0.350 e. The van der Waals surface area contributed by atoms with Gasteiger partial charge in [-0.05, 0) is 35.7 Å². The number of hydrogen-bond donors (Lipinski definition) is 3. The molecule has 3 amide bonds. The van der Waals surface area contributed by atoms with Crippen molar-refractivity contribution in [2.45, 2.75) is 20.0 Å². The Bertz CT molecular complexity index is 1050. The van der Waals surface area contributed by atoms with Gasteiger partial charge in [0.15, 0.2) is 0 Å². The van der Waals surface area contributed by atoms with Crippen molar-refractivity contribution >= 4 is 34.7 Å². The number of thiophene rings is 1. The van der Waals surface area contributed by atoms with Crippen LogP contribution >= 0.6 is 11.3 Å². The van der Waals surface area contributed by atoms with Crippen molar-refractivity contribution in [2.24, 2.45) is 0 Å². The minimum atomic E-state index is -0.286. The average Bonchev–Trinajstić information content (AvgIpc) is 3.35. The highest BCUT2D eigenvalue weighted by molar-refractivity contribution is 7.09. The predicted octanol–water partition coefficient (Wildman–Crippen LogP) is 3.25. The molecule has 0 atom stereocenters. The van der Waals surface area contributed by atoms with Gasteiger partial charge in [-0.3, -0.25) is 19.3 Å². The zero-order chi connectivity index (χ0) is 23.5. The van der Waals surface area contributed by atoms with Gasteiger partial charge in [-0.1, -0.05) is 55.5 Å². The molecule has 33 heavy (non-hydrogen) atoms. The van der Waals surface area contributed by atoms with Crippen molar-refractivity contribution in [3.63, 3.8) is 0 Å². The molecule has 3 rings (SSSR count). The predicted molar refractivity (Wildman–Crippen MR) is 131 cm³/mol. The molecule has 3 N–H and O–H groups in total. The second-order valence-electron chi connectivity index (χ2n) is 7.42. The number of nitrogens with zero attached hydrogens (tertiary/aromatic N) is 1. The monoisotopic (exact) mass is 464 g/mol. The number of amides is 3. The van der Waals surface area contributed by atoms with Crippen molar-refractivity contribution in [2.75, 3.05) is 25.0 Å². The molecule has 0 fully saturated rings. The first-order valence-electron chi connectivity index (χ1n) is 10.8. The molecule has 0 aliphatic heterocycles. The van der Waals surface area contributed by atoms with E-state index in [9.17, 15) is 14.4 Å². The summed E-state index contributed by atoms with van der Waals surface area (Å²) in [6, 6.07) is 20.4. The van der Waals surface area contributed by atoms with Crippen LogP contribution in [0.15, 0.2) is 72.1 Å². The van der Waals surface area contributed by atoms with Gasteiger partial charge in [-0.2, -0.15) is 0 Å². The topological polar surface area (TPSA) is 90.5 Å². The Morgan fingerprint density at radius 3 is 2.27 bits per heavy atom. The fraction of sp³-hybridized carbons (Fsp3) is 0.240. The third-order valence-electron chi connectivity index (χ3n) is 4.96. The molecule has 7 nitrogen and oxygen atoms in total. The molecule has 0 aliphatic rings. The lowest BCUT2D eigenvalue weighted by Crippen LogP contribution is -2.41. The highest BCUT2D eigenvalue weighted by Gasteiger charge is 2.16. The molecule has 0 saturated heterocycles. The number of rotatable bonds is 11. The van der Waals surface area contributed by atoms with Gasteiger partial charge < -0.3 is 16.0 Å². The van der Waals surface area contributed by atoms with Gasteiger partial charge in [0.05, 0.1) is 30.9 Å². The summed E-state index contributed by atoms with van der Waals surface area (Å²) in [6.07, 6.45) is 0.